The van der Waals surface area contributed by atoms with Crippen LogP contribution in [0.15, 0.2) is 89.1 Å². The minimum absolute atomic E-state index is 0.170. The van der Waals surface area contributed by atoms with E-state index in [1.165, 1.54) is 37.1 Å². The average molecular weight is 531 g/mol. The molecule has 4 rings (SSSR count). The number of aryl methyl sites for hydroxylation is 1. The van der Waals surface area contributed by atoms with Crippen LogP contribution in [0.3, 0.4) is 0 Å². The third-order valence-corrected chi connectivity index (χ3v) is 7.67. The predicted octanol–water partition coefficient (Wildman–Crippen LogP) is 6.94. The number of benzene rings is 3. The average Bonchev–Trinajstić information content (AvgIpc) is 3.31. The number of ether oxygens (including phenoxy) is 1. The summed E-state index contributed by atoms with van der Waals surface area (Å²) in [6.45, 7) is 3.45. The number of amides is 2. The third kappa shape index (κ3) is 6.47. The number of methoxy groups -OCH3 is 1. The fourth-order valence-corrected chi connectivity index (χ4v) is 5.81. The van der Waals surface area contributed by atoms with E-state index in [4.69, 9.17) is 4.74 Å². The molecule has 2 amide bonds. The standard InChI is InChI=1S/C29H26N2O4S2/c1-18-12-14-20(15-13-18)24-17-36-28(25(24)29(34)35-3)31-27(33)26(21-8-5-4-6-9-21)37-23-11-7-10-22(16-23)30-19(2)32/h4-17,26H,1-3H3,(H,30,32)(H,31,33). The van der Waals surface area contributed by atoms with Crippen LogP contribution in [0.1, 0.15) is 33.7 Å². The summed E-state index contributed by atoms with van der Waals surface area (Å²) in [5, 5.41) is 7.43. The molecule has 0 bridgehead atoms. The second-order valence-corrected chi connectivity index (χ2v) is 10.4. The highest BCUT2D eigenvalue weighted by molar-refractivity contribution is 8.00. The van der Waals surface area contributed by atoms with Gasteiger partial charge in [0, 0.05) is 28.5 Å². The highest BCUT2D eigenvalue weighted by atomic mass is 32.2. The van der Waals surface area contributed by atoms with Crippen LogP contribution >= 0.6 is 23.1 Å². The molecule has 1 unspecified atom stereocenters. The first kappa shape index (κ1) is 26.2. The first-order valence-corrected chi connectivity index (χ1v) is 13.3. The fourth-order valence-electron chi connectivity index (χ4n) is 3.76. The zero-order valence-corrected chi connectivity index (χ0v) is 22.2. The lowest BCUT2D eigenvalue weighted by atomic mass is 10.0. The third-order valence-electron chi connectivity index (χ3n) is 5.53. The summed E-state index contributed by atoms with van der Waals surface area (Å²) in [5.74, 6) is -0.959. The summed E-state index contributed by atoms with van der Waals surface area (Å²) < 4.78 is 5.07. The molecule has 1 atom stereocenters. The highest BCUT2D eigenvalue weighted by Gasteiger charge is 2.27. The van der Waals surface area contributed by atoms with Crippen LogP contribution in [0, 0.1) is 6.92 Å². The molecule has 0 saturated heterocycles. The molecule has 3 aromatic carbocycles. The Hall–Kier alpha value is -3.88. The molecule has 0 spiro atoms. The van der Waals surface area contributed by atoms with Gasteiger partial charge >= 0.3 is 5.97 Å². The van der Waals surface area contributed by atoms with Gasteiger partial charge in [0.05, 0.1) is 7.11 Å². The molecular weight excluding hydrogens is 504 g/mol. The van der Waals surface area contributed by atoms with Gasteiger partial charge in [-0.15, -0.1) is 23.1 Å². The number of hydrogen-bond donors (Lipinski definition) is 2. The molecule has 8 heteroatoms. The molecule has 37 heavy (non-hydrogen) atoms. The number of nitrogens with one attached hydrogen (secondary N) is 2. The largest absolute Gasteiger partial charge is 0.465 e. The van der Waals surface area contributed by atoms with E-state index in [1.807, 2.05) is 85.1 Å². The maximum atomic E-state index is 13.7. The maximum Gasteiger partial charge on any atom is 0.341 e. The van der Waals surface area contributed by atoms with E-state index in [0.29, 0.717) is 21.8 Å². The summed E-state index contributed by atoms with van der Waals surface area (Å²) in [4.78, 5) is 38.8. The first-order valence-electron chi connectivity index (χ1n) is 11.5. The summed E-state index contributed by atoms with van der Waals surface area (Å²) in [6, 6.07) is 24.6. The molecule has 0 saturated carbocycles. The molecule has 0 radical (unpaired) electrons. The van der Waals surface area contributed by atoms with Gasteiger partial charge in [0.15, 0.2) is 0 Å². The van der Waals surface area contributed by atoms with Crippen molar-refractivity contribution in [3.05, 3.63) is 101 Å². The van der Waals surface area contributed by atoms with Crippen molar-refractivity contribution in [3.63, 3.8) is 0 Å². The van der Waals surface area contributed by atoms with Crippen molar-refractivity contribution in [2.45, 2.75) is 24.0 Å². The van der Waals surface area contributed by atoms with Crippen LogP contribution < -0.4 is 10.6 Å². The maximum absolute atomic E-state index is 13.7. The minimum atomic E-state index is -0.607. The number of hydrogen-bond acceptors (Lipinski definition) is 6. The molecule has 4 aromatic rings. The van der Waals surface area contributed by atoms with E-state index in [2.05, 4.69) is 10.6 Å². The lowest BCUT2D eigenvalue weighted by Crippen LogP contribution is -2.20. The van der Waals surface area contributed by atoms with E-state index >= 15 is 0 Å². The Morgan fingerprint density at radius 2 is 1.65 bits per heavy atom. The molecule has 1 heterocycles. The van der Waals surface area contributed by atoms with Gasteiger partial charge in [-0.25, -0.2) is 4.79 Å². The Kier molecular flexibility index (Phi) is 8.43. The van der Waals surface area contributed by atoms with E-state index in [-0.39, 0.29) is 11.8 Å². The summed E-state index contributed by atoms with van der Waals surface area (Å²) in [6.07, 6.45) is 0. The minimum Gasteiger partial charge on any atom is -0.465 e. The van der Waals surface area contributed by atoms with Crippen LogP contribution in [-0.2, 0) is 14.3 Å². The van der Waals surface area contributed by atoms with Crippen molar-refractivity contribution < 1.29 is 19.1 Å². The number of carbonyl (C=O) groups excluding carboxylic acids is 3. The monoisotopic (exact) mass is 530 g/mol. The second kappa shape index (κ2) is 11.9. The number of carbonyl (C=O) groups is 3. The zero-order valence-electron chi connectivity index (χ0n) is 20.6. The van der Waals surface area contributed by atoms with E-state index in [0.717, 1.165) is 21.6 Å². The number of esters is 1. The SMILES string of the molecule is COC(=O)c1c(-c2ccc(C)cc2)csc1NC(=O)C(Sc1cccc(NC(C)=O)c1)c1ccccc1. The van der Waals surface area contributed by atoms with Gasteiger partial charge in [0.25, 0.3) is 0 Å². The van der Waals surface area contributed by atoms with Crippen molar-refractivity contribution in [1.29, 1.82) is 0 Å². The molecule has 188 valence electrons. The van der Waals surface area contributed by atoms with Gasteiger partial charge in [-0.1, -0.05) is 66.2 Å². The van der Waals surface area contributed by atoms with Crippen LogP contribution in [-0.4, -0.2) is 24.9 Å². The van der Waals surface area contributed by atoms with Crippen molar-refractivity contribution in [2.75, 3.05) is 17.7 Å². The fraction of sp³-hybridized carbons (Fsp3) is 0.138. The van der Waals surface area contributed by atoms with E-state index in [9.17, 15) is 14.4 Å². The topological polar surface area (TPSA) is 84.5 Å². The quantitative estimate of drug-likeness (QED) is 0.190. The molecular formula is C29H26N2O4S2. The van der Waals surface area contributed by atoms with Crippen LogP contribution in [0.5, 0.6) is 0 Å². The lowest BCUT2D eigenvalue weighted by Gasteiger charge is -2.18. The number of thiophene rings is 1. The lowest BCUT2D eigenvalue weighted by molar-refractivity contribution is -0.116. The van der Waals surface area contributed by atoms with Crippen molar-refractivity contribution in [3.8, 4) is 11.1 Å². The molecule has 0 aliphatic heterocycles. The molecule has 0 fully saturated rings. The Labute approximate surface area is 224 Å². The van der Waals surface area contributed by atoms with Crippen LogP contribution in [0.2, 0.25) is 0 Å². The smallest absolute Gasteiger partial charge is 0.341 e. The van der Waals surface area contributed by atoms with Gasteiger partial charge in [0.2, 0.25) is 11.8 Å². The molecule has 6 nitrogen and oxygen atoms in total. The Morgan fingerprint density at radius 3 is 2.32 bits per heavy atom. The predicted molar refractivity (Wildman–Crippen MR) is 150 cm³/mol. The van der Waals surface area contributed by atoms with Gasteiger partial charge in [-0.2, -0.15) is 0 Å². The summed E-state index contributed by atoms with van der Waals surface area (Å²) in [5.41, 5.74) is 4.47. The zero-order chi connectivity index (χ0) is 26.4. The Bertz CT molecular complexity index is 1420. The first-order chi connectivity index (χ1) is 17.9. The molecule has 1 aromatic heterocycles. The molecule has 0 aliphatic rings. The summed E-state index contributed by atoms with van der Waals surface area (Å²) in [7, 11) is 1.33. The number of thioether (sulfide) groups is 1. The van der Waals surface area contributed by atoms with Crippen molar-refractivity contribution in [1.82, 2.24) is 0 Å². The Balaban J connectivity index is 1.67. The normalized spacial score (nSPS) is 11.4. The van der Waals surface area contributed by atoms with E-state index < -0.39 is 11.2 Å². The summed E-state index contributed by atoms with van der Waals surface area (Å²) >= 11 is 2.65. The molecule has 2 N–H and O–H groups in total. The van der Waals surface area contributed by atoms with Crippen LogP contribution in [0.25, 0.3) is 11.1 Å². The second-order valence-electron chi connectivity index (χ2n) is 8.32. The number of rotatable bonds is 8. The van der Waals surface area contributed by atoms with Crippen LogP contribution in [0.4, 0.5) is 10.7 Å². The van der Waals surface area contributed by atoms with Crippen molar-refractivity contribution >= 4 is 51.6 Å². The van der Waals surface area contributed by atoms with E-state index in [1.54, 1.807) is 6.07 Å². The van der Waals surface area contributed by atoms with Gasteiger partial charge in [0.1, 0.15) is 15.8 Å². The highest BCUT2D eigenvalue weighted by Crippen LogP contribution is 2.40. The van der Waals surface area contributed by atoms with Gasteiger partial charge < -0.3 is 15.4 Å². The van der Waals surface area contributed by atoms with Crippen molar-refractivity contribution in [2.24, 2.45) is 0 Å². The van der Waals surface area contributed by atoms with Gasteiger partial charge in [-0.05, 0) is 36.2 Å². The van der Waals surface area contributed by atoms with Gasteiger partial charge in [-0.3, -0.25) is 9.59 Å². The molecule has 0 aliphatic carbocycles. The Morgan fingerprint density at radius 1 is 0.919 bits per heavy atom. The number of anilines is 2.